The number of ketones is 1. The third-order valence-corrected chi connectivity index (χ3v) is 5.56. The van der Waals surface area contributed by atoms with Crippen LogP contribution in [0.1, 0.15) is 27.0 Å². The van der Waals surface area contributed by atoms with Crippen LogP contribution in [-0.4, -0.2) is 44.1 Å². The van der Waals surface area contributed by atoms with E-state index in [0.717, 1.165) is 42.9 Å². The van der Waals surface area contributed by atoms with Crippen LogP contribution >= 0.6 is 0 Å². The predicted molar refractivity (Wildman–Crippen MR) is 103 cm³/mol. The number of phenols is 1. The summed E-state index contributed by atoms with van der Waals surface area (Å²) in [6, 6.07) is 11.4. The van der Waals surface area contributed by atoms with Gasteiger partial charge in [-0.3, -0.25) is 4.79 Å². The number of hydrogen-bond acceptors (Lipinski definition) is 3. The number of quaternary nitrogens is 2. The maximum Gasteiger partial charge on any atom is 0.232 e. The SMILES string of the molecule is Cc1cc(O)c(C[NH+]2CC[NH+](C)CC2)c2c1C(=O)/C(=C/c1ccccc1)O2. The Kier molecular flexibility index (Phi) is 4.72. The van der Waals surface area contributed by atoms with Crippen molar-refractivity contribution in [2.75, 3.05) is 33.2 Å². The molecule has 2 aromatic carbocycles. The van der Waals surface area contributed by atoms with Crippen LogP contribution < -0.4 is 14.5 Å². The minimum atomic E-state index is -0.106. The number of allylic oxidation sites excluding steroid dienone is 1. The molecule has 5 nitrogen and oxygen atoms in total. The number of hydrogen-bond donors (Lipinski definition) is 3. The molecule has 2 aliphatic heterocycles. The summed E-state index contributed by atoms with van der Waals surface area (Å²) >= 11 is 0. The van der Waals surface area contributed by atoms with E-state index in [-0.39, 0.29) is 11.5 Å². The van der Waals surface area contributed by atoms with Crippen molar-refractivity contribution in [3.05, 3.63) is 64.4 Å². The van der Waals surface area contributed by atoms with Gasteiger partial charge in [-0.25, -0.2) is 0 Å². The van der Waals surface area contributed by atoms with Crippen LogP contribution in [0.15, 0.2) is 42.2 Å². The number of rotatable bonds is 3. The first-order chi connectivity index (χ1) is 13.0. The maximum atomic E-state index is 12.9. The predicted octanol–water partition coefficient (Wildman–Crippen LogP) is 0.230. The molecule has 5 heteroatoms. The Balaban J connectivity index is 1.67. The fourth-order valence-corrected chi connectivity index (χ4v) is 3.91. The highest BCUT2D eigenvalue weighted by Gasteiger charge is 2.35. The summed E-state index contributed by atoms with van der Waals surface area (Å²) in [5, 5.41) is 10.6. The smallest absolute Gasteiger partial charge is 0.232 e. The van der Waals surface area contributed by atoms with Gasteiger partial charge in [-0.05, 0) is 30.2 Å². The van der Waals surface area contributed by atoms with Gasteiger partial charge in [0.1, 0.15) is 38.5 Å². The molecule has 0 saturated carbocycles. The van der Waals surface area contributed by atoms with Crippen LogP contribution in [-0.2, 0) is 6.54 Å². The first kappa shape index (κ1) is 17.8. The van der Waals surface area contributed by atoms with Gasteiger partial charge in [0.25, 0.3) is 0 Å². The molecule has 1 saturated heterocycles. The van der Waals surface area contributed by atoms with Crippen molar-refractivity contribution in [3.8, 4) is 11.5 Å². The van der Waals surface area contributed by atoms with Crippen molar-refractivity contribution in [1.82, 2.24) is 0 Å². The van der Waals surface area contributed by atoms with Gasteiger partial charge in [0.15, 0.2) is 11.5 Å². The number of carbonyl (C=O) groups is 1. The zero-order valence-corrected chi connectivity index (χ0v) is 15.8. The Morgan fingerprint density at radius 1 is 1.15 bits per heavy atom. The van der Waals surface area contributed by atoms with Gasteiger partial charge in [0, 0.05) is 0 Å². The van der Waals surface area contributed by atoms with Crippen LogP contribution in [0, 0.1) is 6.92 Å². The average molecular weight is 366 g/mol. The summed E-state index contributed by atoms with van der Waals surface area (Å²) in [4.78, 5) is 15.9. The molecule has 0 spiro atoms. The third-order valence-electron chi connectivity index (χ3n) is 5.56. The molecule has 0 radical (unpaired) electrons. The molecule has 0 atom stereocenters. The topological polar surface area (TPSA) is 55.4 Å². The summed E-state index contributed by atoms with van der Waals surface area (Å²) < 4.78 is 6.01. The molecular formula is C22H26N2O3+2. The fraction of sp³-hybridized carbons (Fsp3) is 0.318. The summed E-state index contributed by atoms with van der Waals surface area (Å²) in [6.45, 7) is 6.85. The largest absolute Gasteiger partial charge is 0.507 e. The lowest BCUT2D eigenvalue weighted by atomic mass is 9.99. The molecule has 0 amide bonds. The van der Waals surface area contributed by atoms with Crippen molar-refractivity contribution in [2.24, 2.45) is 0 Å². The molecule has 2 aromatic rings. The van der Waals surface area contributed by atoms with E-state index < -0.39 is 0 Å². The van der Waals surface area contributed by atoms with E-state index in [2.05, 4.69) is 7.05 Å². The number of piperazine rings is 1. The Morgan fingerprint density at radius 2 is 1.85 bits per heavy atom. The lowest BCUT2D eigenvalue weighted by molar-refractivity contribution is -1.01. The highest BCUT2D eigenvalue weighted by molar-refractivity contribution is 6.15. The molecule has 3 N–H and O–H groups in total. The summed E-state index contributed by atoms with van der Waals surface area (Å²) in [6.07, 6.45) is 1.77. The van der Waals surface area contributed by atoms with E-state index in [0.29, 0.717) is 23.6 Å². The van der Waals surface area contributed by atoms with Crippen molar-refractivity contribution >= 4 is 11.9 Å². The number of aryl methyl sites for hydroxylation is 1. The fourth-order valence-electron chi connectivity index (χ4n) is 3.91. The number of benzene rings is 2. The zero-order chi connectivity index (χ0) is 19.0. The molecule has 27 heavy (non-hydrogen) atoms. The molecular weight excluding hydrogens is 340 g/mol. The molecule has 140 valence electrons. The van der Waals surface area contributed by atoms with E-state index in [1.54, 1.807) is 12.1 Å². The van der Waals surface area contributed by atoms with Crippen LogP contribution in [0.3, 0.4) is 0 Å². The van der Waals surface area contributed by atoms with E-state index in [4.69, 9.17) is 4.74 Å². The van der Waals surface area contributed by atoms with Gasteiger partial charge >= 0.3 is 0 Å². The highest BCUT2D eigenvalue weighted by Crippen LogP contribution is 2.41. The molecule has 0 unspecified atom stereocenters. The molecule has 4 rings (SSSR count). The first-order valence-electron chi connectivity index (χ1n) is 9.52. The number of Topliss-reactive ketones (excluding diaryl/α,β-unsaturated/α-hetero) is 1. The second-order valence-corrected chi connectivity index (χ2v) is 7.63. The van der Waals surface area contributed by atoms with Gasteiger partial charge in [-0.2, -0.15) is 0 Å². The minimum absolute atomic E-state index is 0.106. The highest BCUT2D eigenvalue weighted by atomic mass is 16.5. The number of likely N-dealkylation sites (N-methyl/N-ethyl adjacent to an activating group) is 1. The molecule has 2 heterocycles. The van der Waals surface area contributed by atoms with Crippen LogP contribution in [0.2, 0.25) is 0 Å². The number of aromatic hydroxyl groups is 1. The van der Waals surface area contributed by atoms with Crippen molar-refractivity contribution in [1.29, 1.82) is 0 Å². The quantitative estimate of drug-likeness (QED) is 0.682. The molecule has 0 bridgehead atoms. The lowest BCUT2D eigenvalue weighted by Gasteiger charge is -2.27. The van der Waals surface area contributed by atoms with Crippen molar-refractivity contribution in [3.63, 3.8) is 0 Å². The molecule has 2 aliphatic rings. The average Bonchev–Trinajstić information content (AvgIpc) is 2.98. The molecule has 0 aromatic heterocycles. The zero-order valence-electron chi connectivity index (χ0n) is 15.8. The molecule has 0 aliphatic carbocycles. The van der Waals surface area contributed by atoms with E-state index >= 15 is 0 Å². The second kappa shape index (κ2) is 7.18. The van der Waals surface area contributed by atoms with Crippen molar-refractivity contribution in [2.45, 2.75) is 13.5 Å². The first-order valence-corrected chi connectivity index (χ1v) is 9.52. The van der Waals surface area contributed by atoms with Crippen LogP contribution in [0.4, 0.5) is 0 Å². The summed E-state index contributed by atoms with van der Waals surface area (Å²) in [5.74, 6) is 0.978. The Bertz CT molecular complexity index is 898. The standard InChI is InChI=1S/C22H24N2O3/c1-15-12-18(25)17(14-24-10-8-23(2)9-11-24)22-20(15)21(26)19(27-22)13-16-6-4-3-5-7-16/h3-7,12-13,25H,8-11,14H2,1-2H3/p+2/b19-13-. The van der Waals surface area contributed by atoms with Gasteiger partial charge < -0.3 is 19.6 Å². The van der Waals surface area contributed by atoms with Gasteiger partial charge in [-0.15, -0.1) is 0 Å². The van der Waals surface area contributed by atoms with Gasteiger partial charge in [0.05, 0.1) is 18.2 Å². The monoisotopic (exact) mass is 366 g/mol. The van der Waals surface area contributed by atoms with Crippen molar-refractivity contribution < 1.29 is 24.4 Å². The lowest BCUT2D eigenvalue weighted by Crippen LogP contribution is -3.26. The summed E-state index contributed by atoms with van der Waals surface area (Å²) in [7, 11) is 2.21. The van der Waals surface area contributed by atoms with Crippen LogP contribution in [0.25, 0.3) is 6.08 Å². The number of ether oxygens (including phenoxy) is 1. The number of phenolic OH excluding ortho intramolecular Hbond substituents is 1. The Labute approximate surface area is 159 Å². The summed E-state index contributed by atoms with van der Waals surface area (Å²) in [5.41, 5.74) is 3.01. The van der Waals surface area contributed by atoms with Gasteiger partial charge in [-0.1, -0.05) is 30.3 Å². The Morgan fingerprint density at radius 3 is 2.56 bits per heavy atom. The third kappa shape index (κ3) is 3.48. The minimum Gasteiger partial charge on any atom is -0.507 e. The Hall–Kier alpha value is -2.63. The van der Waals surface area contributed by atoms with E-state index in [9.17, 15) is 9.90 Å². The van der Waals surface area contributed by atoms with E-state index in [1.165, 1.54) is 9.80 Å². The van der Waals surface area contributed by atoms with Crippen LogP contribution in [0.5, 0.6) is 11.5 Å². The van der Waals surface area contributed by atoms with Gasteiger partial charge in [0.2, 0.25) is 5.78 Å². The maximum absolute atomic E-state index is 12.9. The number of fused-ring (bicyclic) bond motifs is 1. The number of carbonyl (C=O) groups excluding carboxylic acids is 1. The normalized spacial score (nSPS) is 23.3. The van der Waals surface area contributed by atoms with E-state index in [1.807, 2.05) is 37.3 Å². The second-order valence-electron chi connectivity index (χ2n) is 7.63. The number of nitrogens with one attached hydrogen (secondary N) is 2. The molecule has 1 fully saturated rings.